The Hall–Kier alpha value is -0.840. The number of ether oxygens (including phenoxy) is 1. The van der Waals surface area contributed by atoms with E-state index in [2.05, 4.69) is 53.3 Å². The van der Waals surface area contributed by atoms with Crippen molar-refractivity contribution >= 4 is 27.3 Å². The molecule has 1 aromatic heterocycles. The summed E-state index contributed by atoms with van der Waals surface area (Å²) >= 11 is 5.53. The quantitative estimate of drug-likeness (QED) is 0.715. The lowest BCUT2D eigenvalue weighted by Crippen LogP contribution is -2.22. The van der Waals surface area contributed by atoms with Crippen LogP contribution in [0.15, 0.2) is 34.8 Å². The van der Waals surface area contributed by atoms with Crippen molar-refractivity contribution in [3.8, 4) is 5.75 Å². The molecule has 1 aromatic carbocycles. The predicted molar refractivity (Wildman–Crippen MR) is 94.5 cm³/mol. The first-order valence-corrected chi connectivity index (χ1v) is 8.98. The van der Waals surface area contributed by atoms with E-state index in [1.165, 1.54) is 19.8 Å². The second-order valence-electron chi connectivity index (χ2n) is 4.96. The van der Waals surface area contributed by atoms with E-state index >= 15 is 0 Å². The third-order valence-electron chi connectivity index (χ3n) is 3.22. The topological polar surface area (TPSA) is 21.3 Å². The average molecular weight is 368 g/mol. The monoisotopic (exact) mass is 367 g/mol. The number of rotatable bonds is 7. The number of hydrogen-bond donors (Lipinski definition) is 1. The molecule has 2 nitrogen and oxygen atoms in total. The fraction of sp³-hybridized carbons (Fsp3) is 0.412. The lowest BCUT2D eigenvalue weighted by molar-refractivity contribution is 0.340. The van der Waals surface area contributed by atoms with Gasteiger partial charge >= 0.3 is 0 Å². The molecule has 4 heteroatoms. The third-order valence-corrected chi connectivity index (χ3v) is 5.26. The van der Waals surface area contributed by atoms with Crippen molar-refractivity contribution in [1.29, 1.82) is 0 Å². The van der Waals surface area contributed by atoms with Crippen LogP contribution in [0.4, 0.5) is 0 Å². The van der Waals surface area contributed by atoms with Crippen LogP contribution < -0.4 is 10.1 Å². The van der Waals surface area contributed by atoms with E-state index in [9.17, 15) is 0 Å². The fourth-order valence-corrected chi connectivity index (χ4v) is 4.26. The molecule has 114 valence electrons. The van der Waals surface area contributed by atoms with Crippen LogP contribution in [-0.2, 0) is 0 Å². The molecule has 1 atom stereocenters. The first-order chi connectivity index (χ1) is 10.2. The lowest BCUT2D eigenvalue weighted by Gasteiger charge is -2.19. The minimum absolute atomic E-state index is 0.230. The molecule has 0 fully saturated rings. The number of nitrogens with one attached hydrogen (secondary N) is 1. The van der Waals surface area contributed by atoms with E-state index in [0.29, 0.717) is 6.61 Å². The Kier molecular flexibility index (Phi) is 6.27. The summed E-state index contributed by atoms with van der Waals surface area (Å²) in [6.45, 7) is 8.05. The van der Waals surface area contributed by atoms with Gasteiger partial charge in [0.25, 0.3) is 0 Å². The van der Waals surface area contributed by atoms with Gasteiger partial charge in [0, 0.05) is 14.2 Å². The maximum absolute atomic E-state index is 5.53. The smallest absolute Gasteiger partial charge is 0.119 e. The van der Waals surface area contributed by atoms with E-state index in [1.54, 1.807) is 0 Å². The van der Waals surface area contributed by atoms with Gasteiger partial charge in [-0.2, -0.15) is 0 Å². The third kappa shape index (κ3) is 4.31. The molecule has 1 unspecified atom stereocenters. The van der Waals surface area contributed by atoms with Crippen LogP contribution in [0.3, 0.4) is 0 Å². The van der Waals surface area contributed by atoms with Gasteiger partial charge in [0.1, 0.15) is 5.75 Å². The van der Waals surface area contributed by atoms with Crippen LogP contribution >= 0.6 is 27.3 Å². The molecule has 0 radical (unpaired) electrons. The predicted octanol–water partition coefficient (Wildman–Crippen LogP) is 5.31. The highest BCUT2D eigenvalue weighted by atomic mass is 79.9. The van der Waals surface area contributed by atoms with Crippen LogP contribution in [0.25, 0.3) is 0 Å². The highest BCUT2D eigenvalue weighted by Crippen LogP contribution is 2.36. The Labute approximate surface area is 139 Å². The van der Waals surface area contributed by atoms with Gasteiger partial charge in [0.2, 0.25) is 0 Å². The number of aryl methyl sites for hydroxylation is 1. The van der Waals surface area contributed by atoms with Gasteiger partial charge in [0.05, 0.1) is 12.6 Å². The summed E-state index contributed by atoms with van der Waals surface area (Å²) in [5, 5.41) is 3.65. The molecule has 0 amide bonds. The van der Waals surface area contributed by atoms with E-state index < -0.39 is 0 Å². The Morgan fingerprint density at radius 1 is 1.24 bits per heavy atom. The van der Waals surface area contributed by atoms with Crippen LogP contribution in [-0.4, -0.2) is 13.2 Å². The van der Waals surface area contributed by atoms with Crippen molar-refractivity contribution in [2.75, 3.05) is 13.2 Å². The van der Waals surface area contributed by atoms with Gasteiger partial charge in [-0.25, -0.2) is 0 Å². The van der Waals surface area contributed by atoms with Gasteiger partial charge in [0.15, 0.2) is 0 Å². The molecule has 0 saturated heterocycles. The summed E-state index contributed by atoms with van der Waals surface area (Å²) in [7, 11) is 0. The number of thiophene rings is 1. The van der Waals surface area contributed by atoms with Crippen LogP contribution in [0, 0.1) is 6.92 Å². The molecule has 1 heterocycles. The summed E-state index contributed by atoms with van der Waals surface area (Å²) in [5.41, 5.74) is 1.27. The molecule has 2 aromatic rings. The van der Waals surface area contributed by atoms with Crippen molar-refractivity contribution in [2.45, 2.75) is 33.2 Å². The Balaban J connectivity index is 2.28. The van der Waals surface area contributed by atoms with E-state index in [4.69, 9.17) is 4.74 Å². The Morgan fingerprint density at radius 3 is 2.48 bits per heavy atom. The zero-order valence-corrected chi connectivity index (χ0v) is 15.2. The number of benzene rings is 1. The average Bonchev–Trinajstić information content (AvgIpc) is 2.80. The first kappa shape index (κ1) is 16.5. The van der Waals surface area contributed by atoms with E-state index in [1.807, 2.05) is 30.4 Å². The van der Waals surface area contributed by atoms with Crippen LogP contribution in [0.5, 0.6) is 5.75 Å². The standard InChI is InChI=1S/C17H22BrNOS/c1-4-10-19-16(17-15(18)11-12(3)21-17)13-6-8-14(9-7-13)20-5-2/h6-9,11,16,19H,4-5,10H2,1-3H3. The summed E-state index contributed by atoms with van der Waals surface area (Å²) in [6.07, 6.45) is 1.12. The second kappa shape index (κ2) is 7.97. The van der Waals surface area contributed by atoms with Crippen molar-refractivity contribution in [2.24, 2.45) is 0 Å². The van der Waals surface area contributed by atoms with Gasteiger partial charge in [-0.05, 0) is 66.5 Å². The summed E-state index contributed by atoms with van der Waals surface area (Å²) in [6, 6.07) is 10.8. The molecule has 1 N–H and O–H groups in total. The molecule has 21 heavy (non-hydrogen) atoms. The fourth-order valence-electron chi connectivity index (χ4n) is 2.27. The summed E-state index contributed by atoms with van der Waals surface area (Å²) in [4.78, 5) is 2.66. The molecule has 0 saturated carbocycles. The van der Waals surface area contributed by atoms with Gasteiger partial charge in [-0.3, -0.25) is 0 Å². The molecule has 2 rings (SSSR count). The minimum Gasteiger partial charge on any atom is -0.494 e. The van der Waals surface area contributed by atoms with Gasteiger partial charge < -0.3 is 10.1 Å². The zero-order valence-electron chi connectivity index (χ0n) is 12.8. The molecule has 0 spiro atoms. The summed E-state index contributed by atoms with van der Waals surface area (Å²) < 4.78 is 6.72. The van der Waals surface area contributed by atoms with Gasteiger partial charge in [-0.1, -0.05) is 19.1 Å². The highest BCUT2D eigenvalue weighted by molar-refractivity contribution is 9.10. The van der Waals surface area contributed by atoms with Crippen LogP contribution in [0.1, 0.15) is 41.6 Å². The molecular formula is C17H22BrNOS. The van der Waals surface area contributed by atoms with E-state index in [-0.39, 0.29) is 6.04 Å². The number of halogens is 1. The van der Waals surface area contributed by atoms with Crippen molar-refractivity contribution in [1.82, 2.24) is 5.32 Å². The lowest BCUT2D eigenvalue weighted by atomic mass is 10.0. The van der Waals surface area contributed by atoms with E-state index in [0.717, 1.165) is 18.7 Å². The molecule has 0 aliphatic rings. The van der Waals surface area contributed by atoms with Gasteiger partial charge in [-0.15, -0.1) is 11.3 Å². The largest absolute Gasteiger partial charge is 0.494 e. The summed E-state index contributed by atoms with van der Waals surface area (Å²) in [5.74, 6) is 0.928. The minimum atomic E-state index is 0.230. The highest BCUT2D eigenvalue weighted by Gasteiger charge is 2.18. The van der Waals surface area contributed by atoms with Crippen LogP contribution in [0.2, 0.25) is 0 Å². The molecule has 0 aliphatic heterocycles. The van der Waals surface area contributed by atoms with Crippen molar-refractivity contribution in [3.05, 3.63) is 50.1 Å². The normalized spacial score (nSPS) is 12.4. The molecular weight excluding hydrogens is 346 g/mol. The maximum Gasteiger partial charge on any atom is 0.119 e. The first-order valence-electron chi connectivity index (χ1n) is 7.37. The Morgan fingerprint density at radius 2 is 1.95 bits per heavy atom. The van der Waals surface area contributed by atoms with Crippen molar-refractivity contribution in [3.63, 3.8) is 0 Å². The second-order valence-corrected chi connectivity index (χ2v) is 7.10. The Bertz CT molecular complexity index is 565. The van der Waals surface area contributed by atoms with Crippen molar-refractivity contribution < 1.29 is 4.74 Å². The maximum atomic E-state index is 5.53. The molecule has 0 bridgehead atoms. The SMILES string of the molecule is CCCNC(c1ccc(OCC)cc1)c1sc(C)cc1Br. The number of hydrogen-bond acceptors (Lipinski definition) is 3. The zero-order chi connectivity index (χ0) is 15.2. The molecule has 0 aliphatic carbocycles.